The van der Waals surface area contributed by atoms with Crippen LogP contribution in [0.15, 0.2) is 48.4 Å². The van der Waals surface area contributed by atoms with Gasteiger partial charge in [-0.05, 0) is 42.5 Å². The largest absolute Gasteiger partial charge is 0.333 e. The number of unbranched alkanes of at least 4 members (excludes halogenated alkanes) is 1. The molecule has 26 heavy (non-hydrogen) atoms. The molecule has 0 radical (unpaired) electrons. The van der Waals surface area contributed by atoms with Crippen LogP contribution in [0.2, 0.25) is 0 Å². The number of aromatic nitrogens is 3. The number of carbonyl (C=O) groups excluding carboxylic acids is 1. The molecule has 0 unspecified atom stereocenters. The molecule has 0 aliphatic carbocycles. The van der Waals surface area contributed by atoms with Crippen LogP contribution >= 0.6 is 11.3 Å². The second-order valence-corrected chi connectivity index (χ2v) is 7.14. The van der Waals surface area contributed by atoms with Gasteiger partial charge in [-0.2, -0.15) is 0 Å². The third kappa shape index (κ3) is 4.32. The molecule has 0 atom stereocenters. The maximum absolute atomic E-state index is 13.0. The lowest BCUT2D eigenvalue weighted by Gasteiger charge is -2.22. The first-order chi connectivity index (χ1) is 12.7. The number of carbonyl (C=O) groups is 1. The van der Waals surface area contributed by atoms with Gasteiger partial charge in [0.2, 0.25) is 0 Å². The minimum absolute atomic E-state index is 0.0241. The third-order valence-corrected chi connectivity index (χ3v) is 5.20. The van der Waals surface area contributed by atoms with Gasteiger partial charge in [0.15, 0.2) is 5.82 Å². The van der Waals surface area contributed by atoms with Crippen molar-refractivity contribution in [1.82, 2.24) is 19.9 Å². The maximum Gasteiger partial charge on any atom is 0.257 e. The number of hydrogen-bond acceptors (Lipinski definition) is 5. The quantitative estimate of drug-likeness (QED) is 0.624. The first-order valence-corrected chi connectivity index (χ1v) is 9.61. The molecule has 0 aliphatic rings. The second-order valence-electron chi connectivity index (χ2n) is 6.14. The summed E-state index contributed by atoms with van der Waals surface area (Å²) in [4.78, 5) is 28.9. The second kappa shape index (κ2) is 8.67. The van der Waals surface area contributed by atoms with Gasteiger partial charge in [0.25, 0.3) is 5.91 Å². The third-order valence-electron chi connectivity index (χ3n) is 4.19. The van der Waals surface area contributed by atoms with Crippen LogP contribution in [0.25, 0.3) is 11.4 Å². The number of pyridine rings is 1. The van der Waals surface area contributed by atoms with Crippen LogP contribution in [-0.4, -0.2) is 32.3 Å². The SMILES string of the molecule is CCCCN(Cc1sccc1C)C(=O)c1cnc(-c2cccnc2)nc1. The standard InChI is InChI=1S/C20H22N4OS/c1-3-4-9-24(14-18-15(2)7-10-26-18)20(25)17-12-22-19(23-13-17)16-6-5-8-21-11-16/h5-8,10-13H,3-4,9,14H2,1-2H3. The molecule has 0 aliphatic heterocycles. The normalized spacial score (nSPS) is 10.7. The lowest BCUT2D eigenvalue weighted by atomic mass is 10.2. The Bertz CT molecular complexity index is 846. The van der Waals surface area contributed by atoms with E-state index >= 15 is 0 Å². The van der Waals surface area contributed by atoms with E-state index in [0.717, 1.165) is 24.9 Å². The summed E-state index contributed by atoms with van der Waals surface area (Å²) < 4.78 is 0. The van der Waals surface area contributed by atoms with Crippen LogP contribution < -0.4 is 0 Å². The van der Waals surface area contributed by atoms with E-state index < -0.39 is 0 Å². The molecule has 134 valence electrons. The summed E-state index contributed by atoms with van der Waals surface area (Å²) in [5, 5.41) is 2.07. The van der Waals surface area contributed by atoms with E-state index in [1.807, 2.05) is 17.0 Å². The Hall–Kier alpha value is -2.60. The Morgan fingerprint density at radius 1 is 1.19 bits per heavy atom. The van der Waals surface area contributed by atoms with Crippen LogP contribution in [0, 0.1) is 6.92 Å². The van der Waals surface area contributed by atoms with Gasteiger partial charge in [-0.3, -0.25) is 9.78 Å². The number of nitrogens with zero attached hydrogens (tertiary/aromatic N) is 4. The average molecular weight is 366 g/mol. The van der Waals surface area contributed by atoms with Gasteiger partial charge in [-0.25, -0.2) is 9.97 Å². The summed E-state index contributed by atoms with van der Waals surface area (Å²) in [6, 6.07) is 5.83. The fourth-order valence-electron chi connectivity index (χ4n) is 2.61. The molecule has 0 aromatic carbocycles. The van der Waals surface area contributed by atoms with E-state index in [1.54, 1.807) is 36.1 Å². The summed E-state index contributed by atoms with van der Waals surface area (Å²) in [5.41, 5.74) is 2.58. The molecule has 3 aromatic heterocycles. The molecule has 3 rings (SSSR count). The van der Waals surface area contributed by atoms with E-state index in [9.17, 15) is 4.79 Å². The van der Waals surface area contributed by atoms with E-state index in [0.29, 0.717) is 17.9 Å². The van der Waals surface area contributed by atoms with Crippen molar-refractivity contribution in [3.8, 4) is 11.4 Å². The van der Waals surface area contributed by atoms with Crippen molar-refractivity contribution in [2.45, 2.75) is 33.2 Å². The van der Waals surface area contributed by atoms with Crippen molar-refractivity contribution >= 4 is 17.2 Å². The highest BCUT2D eigenvalue weighted by molar-refractivity contribution is 7.10. The number of aryl methyl sites for hydroxylation is 1. The van der Waals surface area contributed by atoms with Crippen molar-refractivity contribution < 1.29 is 4.79 Å². The van der Waals surface area contributed by atoms with Gasteiger partial charge in [-0.1, -0.05) is 13.3 Å². The molecule has 0 spiro atoms. The van der Waals surface area contributed by atoms with Crippen molar-refractivity contribution in [3.63, 3.8) is 0 Å². The Morgan fingerprint density at radius 2 is 2.00 bits per heavy atom. The molecule has 1 amide bonds. The van der Waals surface area contributed by atoms with Gasteiger partial charge in [0, 0.05) is 41.8 Å². The van der Waals surface area contributed by atoms with Crippen LogP contribution in [0.4, 0.5) is 0 Å². The Labute approximate surface area is 157 Å². The highest BCUT2D eigenvalue weighted by Crippen LogP contribution is 2.20. The van der Waals surface area contributed by atoms with Crippen LogP contribution in [-0.2, 0) is 6.54 Å². The summed E-state index contributed by atoms with van der Waals surface area (Å²) in [5.74, 6) is 0.549. The van der Waals surface area contributed by atoms with Gasteiger partial charge >= 0.3 is 0 Å². The smallest absolute Gasteiger partial charge is 0.257 e. The fraction of sp³-hybridized carbons (Fsp3) is 0.300. The zero-order valence-electron chi connectivity index (χ0n) is 15.1. The molecule has 6 heteroatoms. The van der Waals surface area contributed by atoms with Crippen molar-refractivity contribution in [2.24, 2.45) is 0 Å². The number of amides is 1. The van der Waals surface area contributed by atoms with Crippen molar-refractivity contribution in [1.29, 1.82) is 0 Å². The van der Waals surface area contributed by atoms with E-state index in [4.69, 9.17) is 0 Å². The number of hydrogen-bond donors (Lipinski definition) is 0. The number of rotatable bonds is 7. The van der Waals surface area contributed by atoms with E-state index in [2.05, 4.69) is 40.2 Å². The molecule has 0 bridgehead atoms. The number of thiophene rings is 1. The van der Waals surface area contributed by atoms with Crippen molar-refractivity contribution in [3.05, 3.63) is 64.4 Å². The monoisotopic (exact) mass is 366 g/mol. The van der Waals surface area contributed by atoms with Gasteiger partial charge in [0.05, 0.1) is 12.1 Å². The van der Waals surface area contributed by atoms with Gasteiger partial charge in [-0.15, -0.1) is 11.3 Å². The molecular weight excluding hydrogens is 344 g/mol. The summed E-state index contributed by atoms with van der Waals surface area (Å²) in [6.07, 6.45) is 8.66. The van der Waals surface area contributed by atoms with Crippen molar-refractivity contribution in [2.75, 3.05) is 6.54 Å². The molecular formula is C20H22N4OS. The molecule has 3 aromatic rings. The van der Waals surface area contributed by atoms with Crippen LogP contribution in [0.1, 0.15) is 40.6 Å². The fourth-order valence-corrected chi connectivity index (χ4v) is 3.53. The van der Waals surface area contributed by atoms with Crippen LogP contribution in [0.3, 0.4) is 0 Å². The Morgan fingerprint density at radius 3 is 2.62 bits per heavy atom. The molecule has 0 fully saturated rings. The van der Waals surface area contributed by atoms with E-state index in [-0.39, 0.29) is 5.91 Å². The van der Waals surface area contributed by atoms with E-state index in [1.165, 1.54) is 10.4 Å². The average Bonchev–Trinajstić information content (AvgIpc) is 3.10. The predicted octanol–water partition coefficient (Wildman–Crippen LogP) is 4.35. The highest BCUT2D eigenvalue weighted by atomic mass is 32.1. The minimum atomic E-state index is -0.0241. The van der Waals surface area contributed by atoms with Crippen LogP contribution in [0.5, 0.6) is 0 Å². The lowest BCUT2D eigenvalue weighted by molar-refractivity contribution is 0.0741. The molecule has 0 saturated carbocycles. The summed E-state index contributed by atoms with van der Waals surface area (Å²) >= 11 is 1.69. The zero-order valence-corrected chi connectivity index (χ0v) is 15.9. The Balaban J connectivity index is 1.78. The zero-order chi connectivity index (χ0) is 18.4. The summed E-state index contributed by atoms with van der Waals surface area (Å²) in [7, 11) is 0. The Kier molecular flexibility index (Phi) is 6.07. The molecule has 0 N–H and O–H groups in total. The molecule has 5 nitrogen and oxygen atoms in total. The minimum Gasteiger partial charge on any atom is -0.333 e. The van der Waals surface area contributed by atoms with Gasteiger partial charge < -0.3 is 4.90 Å². The maximum atomic E-state index is 13.0. The first-order valence-electron chi connectivity index (χ1n) is 8.73. The predicted molar refractivity (Wildman–Crippen MR) is 104 cm³/mol. The first kappa shape index (κ1) is 18.2. The summed E-state index contributed by atoms with van der Waals surface area (Å²) in [6.45, 7) is 5.58. The van der Waals surface area contributed by atoms with Gasteiger partial charge in [0.1, 0.15) is 0 Å². The highest BCUT2D eigenvalue weighted by Gasteiger charge is 2.18. The topological polar surface area (TPSA) is 59.0 Å². The lowest BCUT2D eigenvalue weighted by Crippen LogP contribution is -2.31. The molecule has 3 heterocycles. The molecule has 0 saturated heterocycles.